The molecule has 0 aromatic carbocycles. The Morgan fingerprint density at radius 3 is 2.50 bits per heavy atom. The van der Waals surface area contributed by atoms with Gasteiger partial charge in [-0.05, 0) is 19.1 Å². The van der Waals surface area contributed by atoms with Crippen LogP contribution < -0.4 is 0 Å². The Balaban J connectivity index is 2.86. The third kappa shape index (κ3) is 3.34. The zero-order chi connectivity index (χ0) is 13.7. The molecule has 0 bridgehead atoms. The molecule has 0 aliphatic heterocycles. The van der Waals surface area contributed by atoms with Crippen molar-refractivity contribution in [3.8, 4) is 0 Å². The van der Waals surface area contributed by atoms with Gasteiger partial charge in [0, 0.05) is 6.54 Å². The molecule has 0 fully saturated rings. The number of carboxylic acid groups (broad SMARTS) is 2. The van der Waals surface area contributed by atoms with Gasteiger partial charge in [-0.15, -0.1) is 0 Å². The molecule has 0 saturated heterocycles. The number of hydrogen-bond acceptors (Lipinski definition) is 4. The van der Waals surface area contributed by atoms with Crippen molar-refractivity contribution < 1.29 is 29.0 Å². The van der Waals surface area contributed by atoms with E-state index in [1.807, 2.05) is 0 Å². The van der Waals surface area contributed by atoms with E-state index < -0.39 is 23.9 Å². The molecule has 0 aliphatic rings. The average molecular weight is 255 g/mol. The van der Waals surface area contributed by atoms with Gasteiger partial charge >= 0.3 is 11.9 Å². The van der Waals surface area contributed by atoms with Crippen molar-refractivity contribution in [3.05, 3.63) is 24.2 Å². The van der Waals surface area contributed by atoms with E-state index in [9.17, 15) is 14.4 Å². The summed E-state index contributed by atoms with van der Waals surface area (Å²) in [6.45, 7) is 1.12. The Bertz CT molecular complexity index is 438. The molecule has 98 valence electrons. The standard InChI is InChI=1S/C11H13NO6/c1-7(11(16)17)12(5-4-9(13)14)10(15)8-3-2-6-18-8/h2-3,6-7H,4-5H2,1H3,(H,13,14)(H,16,17). The Morgan fingerprint density at radius 2 is 2.06 bits per heavy atom. The minimum absolute atomic E-state index is 0.0199. The Morgan fingerprint density at radius 1 is 1.39 bits per heavy atom. The van der Waals surface area contributed by atoms with Crippen LogP contribution in [0.3, 0.4) is 0 Å². The van der Waals surface area contributed by atoms with Crippen LogP contribution in [0.4, 0.5) is 0 Å². The molecule has 0 radical (unpaired) electrons. The van der Waals surface area contributed by atoms with Gasteiger partial charge in [0.25, 0.3) is 5.91 Å². The normalized spacial score (nSPS) is 11.8. The van der Waals surface area contributed by atoms with Crippen LogP contribution in [0, 0.1) is 0 Å². The average Bonchev–Trinajstić information content (AvgIpc) is 2.81. The SMILES string of the molecule is CC(C(=O)O)N(CCC(=O)O)C(=O)c1ccco1. The highest BCUT2D eigenvalue weighted by atomic mass is 16.4. The minimum Gasteiger partial charge on any atom is -0.481 e. The molecular weight excluding hydrogens is 242 g/mol. The van der Waals surface area contributed by atoms with Crippen molar-refractivity contribution in [2.24, 2.45) is 0 Å². The summed E-state index contributed by atoms with van der Waals surface area (Å²) in [7, 11) is 0. The molecule has 1 aromatic rings. The Hall–Kier alpha value is -2.31. The van der Waals surface area contributed by atoms with Crippen molar-refractivity contribution in [1.82, 2.24) is 4.90 Å². The lowest BCUT2D eigenvalue weighted by molar-refractivity contribution is -0.143. The third-order valence-electron chi connectivity index (χ3n) is 2.38. The van der Waals surface area contributed by atoms with Gasteiger partial charge in [0.05, 0.1) is 12.7 Å². The first-order valence-electron chi connectivity index (χ1n) is 5.22. The summed E-state index contributed by atoms with van der Waals surface area (Å²) in [5.41, 5.74) is 0. The minimum atomic E-state index is -1.21. The molecule has 0 saturated carbocycles. The predicted octanol–water partition coefficient (Wildman–Crippen LogP) is 0.670. The number of carboxylic acids is 2. The number of carbonyl (C=O) groups excluding carboxylic acids is 1. The summed E-state index contributed by atoms with van der Waals surface area (Å²) in [6.07, 6.45) is 0.956. The molecule has 0 spiro atoms. The van der Waals surface area contributed by atoms with Crippen molar-refractivity contribution >= 4 is 17.8 Å². The summed E-state index contributed by atoms with van der Waals surface area (Å²) >= 11 is 0. The number of amides is 1. The van der Waals surface area contributed by atoms with Crippen LogP contribution in [-0.4, -0.2) is 45.5 Å². The molecule has 2 N–H and O–H groups in total. The largest absolute Gasteiger partial charge is 0.481 e. The lowest BCUT2D eigenvalue weighted by Gasteiger charge is -2.24. The number of aliphatic carboxylic acids is 2. The second-order valence-corrected chi connectivity index (χ2v) is 3.63. The number of hydrogen-bond donors (Lipinski definition) is 2. The summed E-state index contributed by atoms with van der Waals surface area (Å²) in [4.78, 5) is 34.3. The van der Waals surface area contributed by atoms with E-state index in [1.165, 1.54) is 25.3 Å². The van der Waals surface area contributed by atoms with Gasteiger partial charge in [-0.2, -0.15) is 0 Å². The van der Waals surface area contributed by atoms with Crippen molar-refractivity contribution in [2.75, 3.05) is 6.54 Å². The first-order chi connectivity index (χ1) is 8.43. The van der Waals surface area contributed by atoms with Crippen LogP contribution in [0.1, 0.15) is 23.9 Å². The van der Waals surface area contributed by atoms with E-state index >= 15 is 0 Å². The quantitative estimate of drug-likeness (QED) is 0.773. The van der Waals surface area contributed by atoms with Crippen LogP contribution in [0.15, 0.2) is 22.8 Å². The van der Waals surface area contributed by atoms with Gasteiger partial charge in [-0.3, -0.25) is 9.59 Å². The summed E-state index contributed by atoms with van der Waals surface area (Å²) in [5, 5.41) is 17.5. The number of carbonyl (C=O) groups is 3. The molecule has 0 aliphatic carbocycles. The van der Waals surface area contributed by atoms with E-state index in [0.29, 0.717) is 0 Å². The Labute approximate surface area is 103 Å². The highest BCUT2D eigenvalue weighted by molar-refractivity contribution is 5.94. The van der Waals surface area contributed by atoms with E-state index in [4.69, 9.17) is 14.6 Å². The van der Waals surface area contributed by atoms with Crippen LogP contribution >= 0.6 is 0 Å². The monoisotopic (exact) mass is 255 g/mol. The summed E-state index contributed by atoms with van der Waals surface area (Å²) in [5.74, 6) is -2.98. The maximum absolute atomic E-state index is 11.9. The van der Waals surface area contributed by atoms with E-state index in [1.54, 1.807) is 0 Å². The molecule has 1 atom stereocenters. The number of rotatable bonds is 6. The zero-order valence-corrected chi connectivity index (χ0v) is 9.70. The first-order valence-corrected chi connectivity index (χ1v) is 5.22. The van der Waals surface area contributed by atoms with Gasteiger partial charge in [0.2, 0.25) is 0 Å². The van der Waals surface area contributed by atoms with Gasteiger partial charge in [-0.25, -0.2) is 4.79 Å². The van der Waals surface area contributed by atoms with Gasteiger partial charge in [0.15, 0.2) is 5.76 Å². The van der Waals surface area contributed by atoms with E-state index in [2.05, 4.69) is 0 Å². The van der Waals surface area contributed by atoms with Crippen LogP contribution in [0.25, 0.3) is 0 Å². The third-order valence-corrected chi connectivity index (χ3v) is 2.38. The highest BCUT2D eigenvalue weighted by Crippen LogP contribution is 2.10. The zero-order valence-electron chi connectivity index (χ0n) is 9.70. The second kappa shape index (κ2) is 5.85. The topological polar surface area (TPSA) is 108 Å². The van der Waals surface area contributed by atoms with Gasteiger partial charge in [0.1, 0.15) is 6.04 Å². The lowest BCUT2D eigenvalue weighted by atomic mass is 10.2. The number of furan rings is 1. The lowest BCUT2D eigenvalue weighted by Crippen LogP contribution is -2.44. The first kappa shape index (κ1) is 13.8. The fourth-order valence-corrected chi connectivity index (χ4v) is 1.36. The molecule has 7 heteroatoms. The Kier molecular flexibility index (Phi) is 4.47. The molecule has 18 heavy (non-hydrogen) atoms. The highest BCUT2D eigenvalue weighted by Gasteiger charge is 2.28. The van der Waals surface area contributed by atoms with Gasteiger partial charge in [-0.1, -0.05) is 0 Å². The van der Waals surface area contributed by atoms with Gasteiger partial charge < -0.3 is 19.5 Å². The van der Waals surface area contributed by atoms with E-state index in [0.717, 1.165) is 4.90 Å². The van der Waals surface area contributed by atoms with Crippen LogP contribution in [0.5, 0.6) is 0 Å². The van der Waals surface area contributed by atoms with Crippen LogP contribution in [-0.2, 0) is 9.59 Å². The summed E-state index contributed by atoms with van der Waals surface area (Å²) < 4.78 is 4.88. The van der Waals surface area contributed by atoms with Crippen molar-refractivity contribution in [1.29, 1.82) is 0 Å². The maximum Gasteiger partial charge on any atom is 0.326 e. The van der Waals surface area contributed by atoms with Crippen molar-refractivity contribution in [3.63, 3.8) is 0 Å². The van der Waals surface area contributed by atoms with Crippen molar-refractivity contribution in [2.45, 2.75) is 19.4 Å². The van der Waals surface area contributed by atoms with Crippen LogP contribution in [0.2, 0.25) is 0 Å². The second-order valence-electron chi connectivity index (χ2n) is 3.63. The molecule has 7 nitrogen and oxygen atoms in total. The number of nitrogens with zero attached hydrogens (tertiary/aromatic N) is 1. The molecule has 1 amide bonds. The maximum atomic E-state index is 11.9. The van der Waals surface area contributed by atoms with E-state index in [-0.39, 0.29) is 18.7 Å². The molecular formula is C11H13NO6. The molecule has 1 rings (SSSR count). The molecule has 1 aromatic heterocycles. The fourth-order valence-electron chi connectivity index (χ4n) is 1.36. The molecule has 1 heterocycles. The summed E-state index contributed by atoms with van der Waals surface area (Å²) in [6, 6.07) is 1.76. The predicted molar refractivity (Wildman–Crippen MR) is 59.1 cm³/mol. The fraction of sp³-hybridized carbons (Fsp3) is 0.364. The molecule has 1 unspecified atom stereocenters. The smallest absolute Gasteiger partial charge is 0.326 e.